The summed E-state index contributed by atoms with van der Waals surface area (Å²) in [7, 11) is 2.89. The predicted molar refractivity (Wildman–Crippen MR) is 94.3 cm³/mol. The summed E-state index contributed by atoms with van der Waals surface area (Å²) in [5, 5.41) is 17.5. The van der Waals surface area contributed by atoms with Crippen molar-refractivity contribution < 1.29 is 0 Å². The molecule has 8 heteroatoms. The van der Waals surface area contributed by atoms with E-state index in [4.69, 9.17) is 0 Å². The zero-order valence-electron chi connectivity index (χ0n) is 12.9. The van der Waals surface area contributed by atoms with Crippen molar-refractivity contribution in [3.8, 4) is 0 Å². The molecule has 122 valence electrons. The molecule has 4 N–H and O–H groups in total. The van der Waals surface area contributed by atoms with Gasteiger partial charge in [-0.3, -0.25) is 5.10 Å². The first-order valence-electron chi connectivity index (χ1n) is 8.16. The molecule has 7 nitrogen and oxygen atoms in total. The van der Waals surface area contributed by atoms with Crippen LogP contribution in [0.1, 0.15) is 30.9 Å². The minimum Gasteiger partial charge on any atom is -0.351 e. The van der Waals surface area contributed by atoms with Crippen LogP contribution in [-0.2, 0) is 0 Å². The summed E-state index contributed by atoms with van der Waals surface area (Å²) >= 11 is 0. The molecule has 23 heavy (non-hydrogen) atoms. The van der Waals surface area contributed by atoms with Crippen LogP contribution in [0.5, 0.6) is 0 Å². The molecule has 1 aliphatic carbocycles. The average Bonchev–Trinajstić information content (AvgIpc) is 3.30. The Morgan fingerprint density at radius 3 is 2.96 bits per heavy atom. The standard InChI is InChI=1S/C15H22N7P/c23-12-8-16-5-3-10(12)18-15-17-6-4-13(20-15)19-14-7-11(21-22-14)9-1-2-9/h4,6-7,9-10,12,16H,1-3,5,8,23H2,(H3,17,18,19,20,21,22). The molecule has 2 aromatic rings. The van der Waals surface area contributed by atoms with Gasteiger partial charge in [-0.05, 0) is 31.9 Å². The van der Waals surface area contributed by atoms with Gasteiger partial charge in [0.05, 0.1) is 0 Å². The van der Waals surface area contributed by atoms with Crippen LogP contribution in [0.2, 0.25) is 0 Å². The van der Waals surface area contributed by atoms with Gasteiger partial charge < -0.3 is 16.0 Å². The lowest BCUT2D eigenvalue weighted by atomic mass is 10.1. The highest BCUT2D eigenvalue weighted by Crippen LogP contribution is 2.39. The summed E-state index contributed by atoms with van der Waals surface area (Å²) in [5.41, 5.74) is 1.69. The average molecular weight is 331 g/mol. The number of piperidine rings is 1. The van der Waals surface area contributed by atoms with Crippen molar-refractivity contribution in [1.82, 2.24) is 25.5 Å². The molecule has 2 aliphatic rings. The van der Waals surface area contributed by atoms with Crippen molar-refractivity contribution in [2.24, 2.45) is 0 Å². The molecule has 3 heterocycles. The Balaban J connectivity index is 1.42. The van der Waals surface area contributed by atoms with E-state index in [0.29, 0.717) is 23.6 Å². The van der Waals surface area contributed by atoms with Crippen LogP contribution >= 0.6 is 9.24 Å². The second-order valence-corrected chi connectivity index (χ2v) is 7.14. The van der Waals surface area contributed by atoms with E-state index in [9.17, 15) is 0 Å². The Morgan fingerprint density at radius 2 is 2.13 bits per heavy atom. The minimum absolute atomic E-state index is 0.378. The molecule has 0 spiro atoms. The first-order valence-corrected chi connectivity index (χ1v) is 8.83. The Hall–Kier alpha value is -1.72. The number of H-pyrrole nitrogens is 1. The lowest BCUT2D eigenvalue weighted by molar-refractivity contribution is 0.488. The fraction of sp³-hybridized carbons (Fsp3) is 0.533. The minimum atomic E-state index is 0.378. The Kier molecular flexibility index (Phi) is 4.14. The quantitative estimate of drug-likeness (QED) is 0.625. The molecule has 3 atom stereocenters. The number of nitrogens with zero attached hydrogens (tertiary/aromatic N) is 3. The lowest BCUT2D eigenvalue weighted by Crippen LogP contribution is -2.44. The number of hydrogen-bond acceptors (Lipinski definition) is 6. The maximum atomic E-state index is 4.55. The first kappa shape index (κ1) is 14.8. The van der Waals surface area contributed by atoms with Crippen LogP contribution in [0, 0.1) is 0 Å². The van der Waals surface area contributed by atoms with Gasteiger partial charge in [0, 0.05) is 42.1 Å². The summed E-state index contributed by atoms with van der Waals surface area (Å²) < 4.78 is 0. The number of aromatic nitrogens is 4. The van der Waals surface area contributed by atoms with Crippen LogP contribution in [0.15, 0.2) is 18.3 Å². The van der Waals surface area contributed by atoms with Crippen molar-refractivity contribution in [3.05, 3.63) is 24.0 Å². The molecular formula is C15H22N7P. The number of nitrogens with one attached hydrogen (secondary N) is 4. The Morgan fingerprint density at radius 1 is 1.22 bits per heavy atom. The van der Waals surface area contributed by atoms with Gasteiger partial charge in [0.15, 0.2) is 5.82 Å². The number of anilines is 3. The highest BCUT2D eigenvalue weighted by Gasteiger charge is 2.25. The van der Waals surface area contributed by atoms with Crippen molar-refractivity contribution in [3.63, 3.8) is 0 Å². The first-order chi connectivity index (χ1) is 11.3. The van der Waals surface area contributed by atoms with Crippen LogP contribution in [0.3, 0.4) is 0 Å². The van der Waals surface area contributed by atoms with Gasteiger partial charge in [-0.1, -0.05) is 0 Å². The Bertz CT molecular complexity index is 669. The molecule has 1 saturated carbocycles. The maximum Gasteiger partial charge on any atom is 0.224 e. The van der Waals surface area contributed by atoms with E-state index in [1.54, 1.807) is 6.20 Å². The van der Waals surface area contributed by atoms with Crippen LogP contribution in [-0.4, -0.2) is 45.0 Å². The van der Waals surface area contributed by atoms with Gasteiger partial charge in [-0.2, -0.15) is 10.1 Å². The molecule has 0 aromatic carbocycles. The van der Waals surface area contributed by atoms with E-state index in [1.165, 1.54) is 18.5 Å². The van der Waals surface area contributed by atoms with Gasteiger partial charge >= 0.3 is 0 Å². The number of rotatable bonds is 5. The van der Waals surface area contributed by atoms with Gasteiger partial charge in [-0.15, -0.1) is 9.24 Å². The summed E-state index contributed by atoms with van der Waals surface area (Å²) in [6, 6.07) is 4.30. The molecule has 1 saturated heterocycles. The maximum absolute atomic E-state index is 4.55. The lowest BCUT2D eigenvalue weighted by Gasteiger charge is -2.30. The third-order valence-corrected chi connectivity index (χ3v) is 5.07. The van der Waals surface area contributed by atoms with Crippen molar-refractivity contribution in [2.75, 3.05) is 23.7 Å². The van der Waals surface area contributed by atoms with Crippen molar-refractivity contribution >= 4 is 26.8 Å². The van der Waals surface area contributed by atoms with Gasteiger partial charge in [-0.25, -0.2) is 4.98 Å². The normalized spacial score (nSPS) is 24.4. The van der Waals surface area contributed by atoms with E-state index in [2.05, 4.69) is 51.4 Å². The van der Waals surface area contributed by atoms with Crippen LogP contribution in [0.25, 0.3) is 0 Å². The number of aromatic amines is 1. The molecule has 0 amide bonds. The third kappa shape index (κ3) is 3.62. The predicted octanol–water partition coefficient (Wildman–Crippen LogP) is 1.84. The second-order valence-electron chi connectivity index (χ2n) is 6.28. The Labute approximate surface area is 137 Å². The van der Waals surface area contributed by atoms with E-state index < -0.39 is 0 Å². The fourth-order valence-corrected chi connectivity index (χ4v) is 3.32. The molecule has 0 radical (unpaired) electrons. The molecule has 1 aliphatic heterocycles. The molecule has 3 unspecified atom stereocenters. The smallest absolute Gasteiger partial charge is 0.224 e. The zero-order chi connectivity index (χ0) is 15.6. The molecule has 2 aromatic heterocycles. The van der Waals surface area contributed by atoms with Gasteiger partial charge in [0.2, 0.25) is 5.95 Å². The third-order valence-electron chi connectivity index (χ3n) is 4.37. The molecule has 2 fully saturated rings. The topological polar surface area (TPSA) is 90.6 Å². The highest BCUT2D eigenvalue weighted by atomic mass is 31.0. The van der Waals surface area contributed by atoms with Gasteiger partial charge in [0.25, 0.3) is 0 Å². The molecule has 0 bridgehead atoms. The molecular weight excluding hydrogens is 309 g/mol. The summed E-state index contributed by atoms with van der Waals surface area (Å²) in [6.07, 6.45) is 5.36. The summed E-state index contributed by atoms with van der Waals surface area (Å²) in [4.78, 5) is 8.88. The zero-order valence-corrected chi connectivity index (χ0v) is 14.1. The summed E-state index contributed by atoms with van der Waals surface area (Å²) in [6.45, 7) is 2.02. The summed E-state index contributed by atoms with van der Waals surface area (Å²) in [5.74, 6) is 2.89. The van der Waals surface area contributed by atoms with E-state index in [1.807, 2.05) is 6.07 Å². The fourth-order valence-electron chi connectivity index (χ4n) is 2.86. The van der Waals surface area contributed by atoms with Crippen LogP contribution < -0.4 is 16.0 Å². The van der Waals surface area contributed by atoms with Gasteiger partial charge in [0.1, 0.15) is 5.82 Å². The van der Waals surface area contributed by atoms with E-state index in [-0.39, 0.29) is 0 Å². The highest BCUT2D eigenvalue weighted by molar-refractivity contribution is 7.17. The second kappa shape index (κ2) is 6.42. The van der Waals surface area contributed by atoms with Crippen LogP contribution in [0.4, 0.5) is 17.6 Å². The van der Waals surface area contributed by atoms with E-state index in [0.717, 1.165) is 31.1 Å². The monoisotopic (exact) mass is 331 g/mol. The van der Waals surface area contributed by atoms with Crippen molar-refractivity contribution in [1.29, 1.82) is 0 Å². The van der Waals surface area contributed by atoms with Crippen molar-refractivity contribution in [2.45, 2.75) is 36.9 Å². The largest absolute Gasteiger partial charge is 0.351 e. The van der Waals surface area contributed by atoms with E-state index >= 15 is 0 Å². The number of hydrogen-bond donors (Lipinski definition) is 4. The molecule has 4 rings (SSSR count). The SMILES string of the molecule is PC1CNCCC1Nc1nccc(Nc2cc(C3CC3)[nH]n2)n1.